The Labute approximate surface area is 239 Å². The van der Waals surface area contributed by atoms with Crippen molar-refractivity contribution in [2.24, 2.45) is 0 Å². The number of amides is 1. The number of rotatable bonds is 12. The van der Waals surface area contributed by atoms with Crippen LogP contribution in [0.25, 0.3) is 22.0 Å². The minimum absolute atomic E-state index is 0.0252. The van der Waals surface area contributed by atoms with Crippen LogP contribution in [0.2, 0.25) is 0 Å². The van der Waals surface area contributed by atoms with Gasteiger partial charge in [0.2, 0.25) is 11.9 Å². The maximum Gasteiger partial charge on any atom is 0.245 e. The van der Waals surface area contributed by atoms with E-state index < -0.39 is 5.95 Å². The molecule has 2 N–H and O–H groups in total. The van der Waals surface area contributed by atoms with E-state index in [-0.39, 0.29) is 11.7 Å². The van der Waals surface area contributed by atoms with Gasteiger partial charge in [0.25, 0.3) is 0 Å². The van der Waals surface area contributed by atoms with E-state index in [0.29, 0.717) is 30.5 Å². The monoisotopic (exact) mass is 558 g/mol. The molecule has 4 rings (SSSR count). The van der Waals surface area contributed by atoms with Gasteiger partial charge in [0.15, 0.2) is 0 Å². The van der Waals surface area contributed by atoms with Crippen molar-refractivity contribution in [2.45, 2.75) is 26.7 Å². The zero-order valence-corrected chi connectivity index (χ0v) is 23.9. The summed E-state index contributed by atoms with van der Waals surface area (Å²) in [6.07, 6.45) is 4.88. The Bertz CT molecular complexity index is 1560. The number of nitrogens with one attached hydrogen (secondary N) is 2. The fourth-order valence-electron chi connectivity index (χ4n) is 4.72. The van der Waals surface area contributed by atoms with Crippen molar-refractivity contribution in [3.05, 3.63) is 107 Å². The predicted octanol–water partition coefficient (Wildman–Crippen LogP) is 6.52. The molecule has 0 aliphatic carbocycles. The number of nitrogens with zero attached hydrogens (tertiary/aromatic N) is 2. The number of hydrogen-bond acceptors (Lipinski definition) is 4. The lowest BCUT2D eigenvalue weighted by Crippen LogP contribution is -2.22. The lowest BCUT2D eigenvalue weighted by Gasteiger charge is -2.18. The van der Waals surface area contributed by atoms with Gasteiger partial charge in [0.05, 0.1) is 10.9 Å². The summed E-state index contributed by atoms with van der Waals surface area (Å²) in [4.78, 5) is 13.1. The number of likely N-dealkylation sites (N-methyl/N-ethyl adjacent to an activating group) is 1. The number of halogens is 2. The summed E-state index contributed by atoms with van der Waals surface area (Å²) in [5, 5.41) is 10.1. The summed E-state index contributed by atoms with van der Waals surface area (Å²) in [5.41, 5.74) is 6.17. The zero-order chi connectivity index (χ0) is 29.4. The highest BCUT2D eigenvalue weighted by Crippen LogP contribution is 2.37. The van der Waals surface area contributed by atoms with E-state index in [1.807, 2.05) is 49.4 Å². The Hall–Kier alpha value is -4.30. The summed E-state index contributed by atoms with van der Waals surface area (Å²) in [7, 11) is 3.45. The van der Waals surface area contributed by atoms with Crippen LogP contribution in [0.15, 0.2) is 72.8 Å². The van der Waals surface area contributed by atoms with Crippen LogP contribution < -0.4 is 10.1 Å². The molecule has 1 aromatic heterocycles. The highest BCUT2D eigenvalue weighted by atomic mass is 19.1. The first-order chi connectivity index (χ1) is 19.8. The topological polar surface area (TPSA) is 70.2 Å². The largest absolute Gasteiger partial charge is 0.492 e. The predicted molar refractivity (Wildman–Crippen MR) is 161 cm³/mol. The second-order valence-corrected chi connectivity index (χ2v) is 9.99. The second-order valence-electron chi connectivity index (χ2n) is 9.99. The molecule has 0 atom stereocenters. The molecule has 3 aromatic carbocycles. The highest BCUT2D eigenvalue weighted by Gasteiger charge is 2.17. The van der Waals surface area contributed by atoms with Crippen molar-refractivity contribution in [3.63, 3.8) is 0 Å². The maximum atomic E-state index is 14.4. The van der Waals surface area contributed by atoms with Crippen LogP contribution in [0, 0.1) is 18.7 Å². The van der Waals surface area contributed by atoms with Gasteiger partial charge in [0, 0.05) is 20.6 Å². The Morgan fingerprint density at radius 2 is 1.78 bits per heavy atom. The zero-order valence-electron chi connectivity index (χ0n) is 23.9. The number of carbonyl (C=O) groups is 1. The SMILES string of the molecule is CC/C(=C(/c1ccc(OCCNCC/C=C/C(=O)N(C)C)cc1)c1ccc2[nH]nc(F)c2c1)c1ccc(F)cc1C. The molecule has 0 fully saturated rings. The minimum Gasteiger partial charge on any atom is -0.492 e. The first kappa shape index (κ1) is 29.7. The molecule has 8 heteroatoms. The lowest BCUT2D eigenvalue weighted by atomic mass is 9.86. The standard InChI is InChI=1S/C33H36F2N4O2/c1-5-27(28-15-12-25(34)20-22(28)2)32(24-11-16-30-29(21-24)33(35)38-37-30)23-9-13-26(14-10-23)41-19-18-36-17-7-6-8-31(40)39(3)4/h6,8-16,20-21,36H,5,7,17-19H2,1-4H3,(H,37,38)/b8-6+,32-27+. The Balaban J connectivity index is 1.53. The maximum absolute atomic E-state index is 14.4. The van der Waals surface area contributed by atoms with Crippen molar-refractivity contribution in [2.75, 3.05) is 33.8 Å². The molecular weight excluding hydrogens is 522 g/mol. The number of allylic oxidation sites excluding steroid dienone is 1. The van der Waals surface area contributed by atoms with Gasteiger partial charge < -0.3 is 15.0 Å². The van der Waals surface area contributed by atoms with Crippen LogP contribution in [0.1, 0.15) is 42.0 Å². The minimum atomic E-state index is -0.548. The Morgan fingerprint density at radius 3 is 2.49 bits per heavy atom. The van der Waals surface area contributed by atoms with Gasteiger partial charge in [-0.25, -0.2) is 4.39 Å². The number of ether oxygens (including phenoxy) is 1. The van der Waals surface area contributed by atoms with E-state index in [2.05, 4.69) is 22.4 Å². The first-order valence-electron chi connectivity index (χ1n) is 13.7. The smallest absolute Gasteiger partial charge is 0.245 e. The van der Waals surface area contributed by atoms with Crippen molar-refractivity contribution in [3.8, 4) is 5.75 Å². The molecule has 0 aliphatic rings. The van der Waals surface area contributed by atoms with Gasteiger partial charge in [-0.15, -0.1) is 5.10 Å². The molecule has 0 saturated heterocycles. The second kappa shape index (κ2) is 13.9. The molecule has 1 amide bonds. The van der Waals surface area contributed by atoms with Crippen LogP contribution in [-0.2, 0) is 4.79 Å². The van der Waals surface area contributed by atoms with Crippen LogP contribution in [-0.4, -0.2) is 54.8 Å². The molecule has 0 radical (unpaired) electrons. The third kappa shape index (κ3) is 7.46. The molecule has 0 bridgehead atoms. The molecule has 4 aromatic rings. The van der Waals surface area contributed by atoms with Crippen LogP contribution in [0.4, 0.5) is 8.78 Å². The molecule has 214 valence electrons. The van der Waals surface area contributed by atoms with Gasteiger partial charge in [-0.2, -0.15) is 4.39 Å². The summed E-state index contributed by atoms with van der Waals surface area (Å²) in [6, 6.07) is 18.2. The van der Waals surface area contributed by atoms with Crippen molar-refractivity contribution in [1.82, 2.24) is 20.4 Å². The molecule has 1 heterocycles. The number of fused-ring (bicyclic) bond motifs is 1. The summed E-state index contributed by atoms with van der Waals surface area (Å²) < 4.78 is 34.3. The quantitative estimate of drug-likeness (QED) is 0.118. The molecule has 6 nitrogen and oxygen atoms in total. The Morgan fingerprint density at radius 1 is 1.02 bits per heavy atom. The number of aryl methyl sites for hydroxylation is 1. The first-order valence-corrected chi connectivity index (χ1v) is 13.7. The van der Waals surface area contributed by atoms with Gasteiger partial charge >= 0.3 is 0 Å². The molecule has 0 spiro atoms. The number of benzene rings is 3. The normalized spacial score (nSPS) is 12.1. The number of carbonyl (C=O) groups excluding carboxylic acids is 1. The number of aromatic amines is 1. The summed E-state index contributed by atoms with van der Waals surface area (Å²) in [5.74, 6) is -0.119. The van der Waals surface area contributed by atoms with E-state index in [1.54, 1.807) is 32.3 Å². The van der Waals surface area contributed by atoms with Crippen molar-refractivity contribution < 1.29 is 18.3 Å². The summed E-state index contributed by atoms with van der Waals surface area (Å²) >= 11 is 0. The van der Waals surface area contributed by atoms with Crippen molar-refractivity contribution in [1.29, 1.82) is 0 Å². The van der Waals surface area contributed by atoms with E-state index in [9.17, 15) is 13.6 Å². The number of aromatic nitrogens is 2. The highest BCUT2D eigenvalue weighted by molar-refractivity contribution is 6.01. The third-order valence-electron chi connectivity index (χ3n) is 6.85. The van der Waals surface area contributed by atoms with Crippen LogP contribution >= 0.6 is 0 Å². The molecule has 0 saturated carbocycles. The fourth-order valence-corrected chi connectivity index (χ4v) is 4.72. The molecule has 41 heavy (non-hydrogen) atoms. The van der Waals surface area contributed by atoms with Crippen molar-refractivity contribution >= 4 is 28.0 Å². The number of H-pyrrole nitrogens is 1. The van der Waals surface area contributed by atoms with Gasteiger partial charge in [-0.05, 0) is 102 Å². The average molecular weight is 559 g/mol. The van der Waals surface area contributed by atoms with E-state index in [1.165, 1.54) is 17.0 Å². The van der Waals surface area contributed by atoms with Crippen LogP contribution in [0.5, 0.6) is 5.75 Å². The van der Waals surface area contributed by atoms with E-state index >= 15 is 0 Å². The van der Waals surface area contributed by atoms with Gasteiger partial charge in [-0.3, -0.25) is 9.89 Å². The fraction of sp³-hybridized carbons (Fsp3) is 0.273. The number of hydrogen-bond donors (Lipinski definition) is 2. The van der Waals surface area contributed by atoms with E-state index in [0.717, 1.165) is 52.1 Å². The molecule has 0 aliphatic heterocycles. The third-order valence-corrected chi connectivity index (χ3v) is 6.85. The lowest BCUT2D eigenvalue weighted by molar-refractivity contribution is -0.123. The van der Waals surface area contributed by atoms with Crippen LogP contribution in [0.3, 0.4) is 0 Å². The molecular formula is C33H36F2N4O2. The average Bonchev–Trinajstić information content (AvgIpc) is 3.33. The molecule has 0 unspecified atom stereocenters. The summed E-state index contributed by atoms with van der Waals surface area (Å²) in [6.45, 7) is 5.87. The Kier molecular flexibility index (Phi) is 10.0. The van der Waals surface area contributed by atoms with Gasteiger partial charge in [0.1, 0.15) is 18.2 Å². The van der Waals surface area contributed by atoms with Gasteiger partial charge in [-0.1, -0.05) is 37.3 Å². The van der Waals surface area contributed by atoms with E-state index in [4.69, 9.17) is 4.74 Å².